The van der Waals surface area contributed by atoms with E-state index in [-0.39, 0.29) is 18.4 Å². The van der Waals surface area contributed by atoms with Gasteiger partial charge in [-0.3, -0.25) is 9.48 Å². The van der Waals surface area contributed by atoms with Crippen LogP contribution < -0.4 is 10.1 Å². The smallest absolute Gasteiger partial charge is 0.273 e. The second-order valence-electron chi connectivity index (χ2n) is 5.37. The maximum Gasteiger partial charge on any atom is 0.273 e. The number of hydrogen-bond acceptors (Lipinski definition) is 4. The highest BCUT2D eigenvalue weighted by Gasteiger charge is 2.15. The lowest BCUT2D eigenvalue weighted by atomic mass is 10.1. The van der Waals surface area contributed by atoms with Crippen molar-refractivity contribution in [3.63, 3.8) is 0 Å². The number of aromatic nitrogens is 2. The first-order chi connectivity index (χ1) is 10.5. The Morgan fingerprint density at radius 2 is 2.14 bits per heavy atom. The molecule has 6 heteroatoms. The minimum Gasteiger partial charge on any atom is -0.496 e. The maximum atomic E-state index is 12.4. The van der Waals surface area contributed by atoms with Crippen molar-refractivity contribution in [3.05, 3.63) is 41.2 Å². The average molecular weight is 303 g/mol. The molecule has 0 saturated carbocycles. The largest absolute Gasteiger partial charge is 0.496 e. The van der Waals surface area contributed by atoms with Crippen LogP contribution in [0.3, 0.4) is 0 Å². The van der Waals surface area contributed by atoms with Crippen LogP contribution in [-0.4, -0.2) is 27.9 Å². The van der Waals surface area contributed by atoms with Gasteiger partial charge in [0.2, 0.25) is 0 Å². The molecule has 0 aliphatic carbocycles. The van der Waals surface area contributed by atoms with E-state index in [0.29, 0.717) is 22.7 Å². The van der Waals surface area contributed by atoms with Gasteiger partial charge >= 0.3 is 0 Å². The summed E-state index contributed by atoms with van der Waals surface area (Å²) in [5, 5.41) is 16.5. The van der Waals surface area contributed by atoms with Gasteiger partial charge in [-0.25, -0.2) is 0 Å². The summed E-state index contributed by atoms with van der Waals surface area (Å²) in [6.07, 6.45) is 0. The monoisotopic (exact) mass is 303 g/mol. The van der Waals surface area contributed by atoms with Gasteiger partial charge in [-0.05, 0) is 30.2 Å². The Bertz CT molecular complexity index is 677. The molecule has 0 aliphatic heterocycles. The van der Waals surface area contributed by atoms with Crippen LogP contribution in [0, 0.1) is 0 Å². The molecule has 0 aliphatic rings. The number of aliphatic hydroxyl groups excluding tert-OH is 1. The lowest BCUT2D eigenvalue weighted by Gasteiger charge is -2.10. The minimum absolute atomic E-state index is 0.157. The van der Waals surface area contributed by atoms with E-state index in [0.717, 1.165) is 5.69 Å². The number of methoxy groups -OCH3 is 1. The third-order valence-corrected chi connectivity index (χ3v) is 3.43. The van der Waals surface area contributed by atoms with Crippen molar-refractivity contribution in [2.24, 2.45) is 7.05 Å². The number of amides is 1. The normalized spacial score (nSPS) is 10.8. The summed E-state index contributed by atoms with van der Waals surface area (Å²) in [5.41, 5.74) is 2.58. The molecular formula is C16H21N3O3. The fraction of sp³-hybridized carbons (Fsp3) is 0.375. The molecule has 2 rings (SSSR count). The second-order valence-corrected chi connectivity index (χ2v) is 5.37. The molecule has 1 aromatic heterocycles. The van der Waals surface area contributed by atoms with Crippen molar-refractivity contribution in [1.29, 1.82) is 0 Å². The van der Waals surface area contributed by atoms with Crippen molar-refractivity contribution < 1.29 is 14.6 Å². The summed E-state index contributed by atoms with van der Waals surface area (Å²) in [5.74, 6) is 0.605. The molecule has 0 atom stereocenters. The van der Waals surface area contributed by atoms with Gasteiger partial charge in [0.15, 0.2) is 0 Å². The van der Waals surface area contributed by atoms with Crippen molar-refractivity contribution in [2.75, 3.05) is 12.4 Å². The first-order valence-electron chi connectivity index (χ1n) is 7.09. The van der Waals surface area contributed by atoms with E-state index in [9.17, 15) is 9.90 Å². The molecule has 0 radical (unpaired) electrons. The summed E-state index contributed by atoms with van der Waals surface area (Å²) in [4.78, 5) is 12.4. The highest BCUT2D eigenvalue weighted by molar-refractivity contribution is 6.03. The lowest BCUT2D eigenvalue weighted by molar-refractivity contribution is 0.101. The van der Waals surface area contributed by atoms with Gasteiger partial charge in [-0.15, -0.1) is 0 Å². The van der Waals surface area contributed by atoms with Crippen molar-refractivity contribution in [3.8, 4) is 5.75 Å². The van der Waals surface area contributed by atoms with Gasteiger partial charge in [0.1, 0.15) is 11.4 Å². The number of ether oxygens (including phenoxy) is 1. The van der Waals surface area contributed by atoms with E-state index < -0.39 is 0 Å². The average Bonchev–Trinajstić information content (AvgIpc) is 2.89. The predicted molar refractivity (Wildman–Crippen MR) is 84.2 cm³/mol. The summed E-state index contributed by atoms with van der Waals surface area (Å²) >= 11 is 0. The van der Waals surface area contributed by atoms with Crippen LogP contribution in [-0.2, 0) is 13.7 Å². The van der Waals surface area contributed by atoms with Crippen LogP contribution >= 0.6 is 0 Å². The van der Waals surface area contributed by atoms with E-state index in [4.69, 9.17) is 4.74 Å². The van der Waals surface area contributed by atoms with Crippen LogP contribution in [0.2, 0.25) is 0 Å². The molecule has 6 nitrogen and oxygen atoms in total. The zero-order valence-corrected chi connectivity index (χ0v) is 13.3. The van der Waals surface area contributed by atoms with E-state index in [1.807, 2.05) is 13.8 Å². The summed E-state index contributed by atoms with van der Waals surface area (Å²) in [6.45, 7) is 3.90. The number of nitrogens with one attached hydrogen (secondary N) is 1. The van der Waals surface area contributed by atoms with Gasteiger partial charge in [-0.2, -0.15) is 5.10 Å². The number of rotatable bonds is 5. The Kier molecular flexibility index (Phi) is 4.82. The Hall–Kier alpha value is -2.34. The first kappa shape index (κ1) is 16.0. The number of anilines is 1. The third-order valence-electron chi connectivity index (χ3n) is 3.43. The zero-order chi connectivity index (χ0) is 16.3. The van der Waals surface area contributed by atoms with Crippen molar-refractivity contribution >= 4 is 11.6 Å². The molecule has 0 bridgehead atoms. The van der Waals surface area contributed by atoms with Gasteiger partial charge < -0.3 is 15.2 Å². The molecule has 2 N–H and O–H groups in total. The summed E-state index contributed by atoms with van der Waals surface area (Å²) < 4.78 is 6.71. The quantitative estimate of drug-likeness (QED) is 0.888. The van der Waals surface area contributed by atoms with Crippen LogP contribution in [0.1, 0.15) is 41.5 Å². The molecule has 22 heavy (non-hydrogen) atoms. The highest BCUT2D eigenvalue weighted by atomic mass is 16.5. The maximum absolute atomic E-state index is 12.4. The highest BCUT2D eigenvalue weighted by Crippen LogP contribution is 2.23. The van der Waals surface area contributed by atoms with Crippen LogP contribution in [0.25, 0.3) is 0 Å². The first-order valence-corrected chi connectivity index (χ1v) is 7.09. The summed E-state index contributed by atoms with van der Waals surface area (Å²) in [7, 11) is 3.28. The fourth-order valence-electron chi connectivity index (χ4n) is 2.16. The molecule has 0 spiro atoms. The van der Waals surface area contributed by atoms with Gasteiger partial charge in [0.25, 0.3) is 5.91 Å². The van der Waals surface area contributed by atoms with Crippen LogP contribution in [0.4, 0.5) is 5.69 Å². The molecule has 1 amide bonds. The second kappa shape index (κ2) is 6.62. The molecule has 0 saturated heterocycles. The summed E-state index contributed by atoms with van der Waals surface area (Å²) in [6, 6.07) is 6.92. The SMILES string of the molecule is COc1ccc(NC(=O)c2cc(C(C)C)nn2C)cc1CO. The topological polar surface area (TPSA) is 76.4 Å². The van der Waals surface area contributed by atoms with E-state index in [1.54, 1.807) is 36.0 Å². The van der Waals surface area contributed by atoms with E-state index in [2.05, 4.69) is 10.4 Å². The molecular weight excluding hydrogens is 282 g/mol. The molecule has 1 heterocycles. The van der Waals surface area contributed by atoms with Gasteiger partial charge in [0.05, 0.1) is 19.4 Å². The predicted octanol–water partition coefficient (Wildman–Crippen LogP) is 2.30. The Morgan fingerprint density at radius 1 is 1.41 bits per heavy atom. The number of carbonyl (C=O) groups is 1. The molecule has 0 fully saturated rings. The lowest BCUT2D eigenvalue weighted by Crippen LogP contribution is -2.16. The van der Waals surface area contributed by atoms with Crippen LogP contribution in [0.5, 0.6) is 5.75 Å². The Balaban J connectivity index is 2.22. The Morgan fingerprint density at radius 3 is 2.68 bits per heavy atom. The van der Waals surface area contributed by atoms with Gasteiger partial charge in [-0.1, -0.05) is 13.8 Å². The Labute approximate surface area is 129 Å². The number of benzene rings is 1. The number of aliphatic hydroxyl groups is 1. The van der Waals surface area contributed by atoms with Crippen LogP contribution in [0.15, 0.2) is 24.3 Å². The van der Waals surface area contributed by atoms with E-state index >= 15 is 0 Å². The molecule has 0 unspecified atom stereocenters. The fourth-order valence-corrected chi connectivity index (χ4v) is 2.16. The molecule has 1 aromatic carbocycles. The number of aryl methyl sites for hydroxylation is 1. The number of carbonyl (C=O) groups excluding carboxylic acids is 1. The standard InChI is InChI=1S/C16H21N3O3/c1-10(2)13-8-14(19(3)18-13)16(21)17-12-5-6-15(22-4)11(7-12)9-20/h5-8,10,20H,9H2,1-4H3,(H,17,21). The van der Waals surface area contributed by atoms with Crippen molar-refractivity contribution in [1.82, 2.24) is 9.78 Å². The third kappa shape index (κ3) is 3.28. The zero-order valence-electron chi connectivity index (χ0n) is 13.3. The molecule has 2 aromatic rings. The van der Waals surface area contributed by atoms with Crippen molar-refractivity contribution in [2.45, 2.75) is 26.4 Å². The van der Waals surface area contributed by atoms with E-state index in [1.165, 1.54) is 7.11 Å². The van der Waals surface area contributed by atoms with Gasteiger partial charge in [0, 0.05) is 18.3 Å². The number of nitrogens with zero attached hydrogens (tertiary/aromatic N) is 2. The number of hydrogen-bond donors (Lipinski definition) is 2. The minimum atomic E-state index is -0.240. The molecule has 118 valence electrons.